The van der Waals surface area contributed by atoms with E-state index in [0.717, 1.165) is 68.7 Å². The Morgan fingerprint density at radius 3 is 1.64 bits per heavy atom. The fraction of sp³-hybridized carbons (Fsp3) is 0.280. The molecule has 20 rings (SSSR count). The molecule has 0 radical (unpaired) electrons. The Morgan fingerprint density at radius 1 is 0.378 bits per heavy atom. The van der Waals surface area contributed by atoms with E-state index in [1.54, 1.807) is 60.1 Å². The molecule has 1 aliphatic carbocycles. The molecule has 0 spiro atoms. The SMILES string of the molecule is CC.CC.CC.CC.CC.CC.CC.CC.CC.CC.c1cc2c(cn1)OCC2.c1ccc2[nH]ccc2c1.c1ccc2[nH]cnc2c1.c1ccc2ncccc2c1.c1ccc2ocnc2c1.c1ccc2sccc2c1.c1ccc2scnc2c1.c1cnc2c(c1)CCC2.c1cnc2c(c1)N=NC2.c1ncc2ccoc2n1. The quantitative estimate of drug-likeness (QED) is 0.145. The number of hydrogen-bond acceptors (Lipinski definition) is 16. The summed E-state index contributed by atoms with van der Waals surface area (Å²) in [7, 11) is 0. The molecule has 13 heterocycles. The molecular weight excluding hydrogens is 1410 g/mol. The van der Waals surface area contributed by atoms with Gasteiger partial charge in [-0.1, -0.05) is 242 Å². The predicted octanol–water partition coefficient (Wildman–Crippen LogP) is 28.7. The maximum absolute atomic E-state index is 5.24. The molecule has 17 aromatic rings. The minimum Gasteiger partial charge on any atom is -0.491 e. The first-order valence-electron chi connectivity index (χ1n) is 39.3. The highest BCUT2D eigenvalue weighted by molar-refractivity contribution is 7.17. The number of aromatic amines is 2. The van der Waals surface area contributed by atoms with Crippen LogP contribution in [0, 0.1) is 0 Å². The zero-order valence-electron chi connectivity index (χ0n) is 69.3. The van der Waals surface area contributed by atoms with Crippen LogP contribution < -0.4 is 4.74 Å². The van der Waals surface area contributed by atoms with Crippen molar-refractivity contribution in [2.24, 2.45) is 10.2 Å². The summed E-state index contributed by atoms with van der Waals surface area (Å²) in [5.41, 5.74) is 15.7. The van der Waals surface area contributed by atoms with Crippen molar-refractivity contribution in [2.75, 3.05) is 6.61 Å². The lowest BCUT2D eigenvalue weighted by molar-refractivity contribution is 0.355. The van der Waals surface area contributed by atoms with Crippen molar-refractivity contribution >= 4 is 104 Å². The van der Waals surface area contributed by atoms with Crippen LogP contribution in [0.2, 0.25) is 0 Å². The van der Waals surface area contributed by atoms with E-state index in [9.17, 15) is 0 Å². The second-order valence-corrected chi connectivity index (χ2v) is 21.7. The van der Waals surface area contributed by atoms with E-state index in [4.69, 9.17) is 13.6 Å². The highest BCUT2D eigenvalue weighted by atomic mass is 32.1. The van der Waals surface area contributed by atoms with Gasteiger partial charge in [-0.2, -0.15) is 10.2 Å². The molecule has 0 bridgehead atoms. The molecular formula is C93H121N13O3S2. The van der Waals surface area contributed by atoms with Gasteiger partial charge in [-0.3, -0.25) is 19.9 Å². The van der Waals surface area contributed by atoms with Gasteiger partial charge in [0.2, 0.25) is 5.71 Å². The normalized spacial score (nSPS) is 9.98. The van der Waals surface area contributed by atoms with Crippen LogP contribution in [0.1, 0.15) is 167 Å². The third-order valence-electron chi connectivity index (χ3n) is 13.9. The van der Waals surface area contributed by atoms with Crippen LogP contribution in [-0.2, 0) is 25.8 Å². The maximum Gasteiger partial charge on any atom is 0.228 e. The lowest BCUT2D eigenvalue weighted by atomic mass is 10.2. The molecule has 111 heavy (non-hydrogen) atoms. The number of rotatable bonds is 0. The number of aromatic nitrogens is 11. The number of ether oxygens (including phenoxy) is 1. The Kier molecular flexibility index (Phi) is 57.6. The van der Waals surface area contributed by atoms with Gasteiger partial charge in [-0.05, 0) is 144 Å². The van der Waals surface area contributed by atoms with E-state index in [2.05, 4.69) is 143 Å². The summed E-state index contributed by atoms with van der Waals surface area (Å²) in [5, 5.41) is 14.6. The Balaban J connectivity index is 0.000000601. The van der Waals surface area contributed by atoms with Crippen LogP contribution in [0.4, 0.5) is 5.69 Å². The summed E-state index contributed by atoms with van der Waals surface area (Å²) in [6.07, 6.45) is 23.7. The molecule has 0 saturated heterocycles. The number of imidazole rings is 1. The molecule has 0 amide bonds. The number of oxazole rings is 1. The Labute approximate surface area is 669 Å². The molecule has 0 atom stereocenters. The number of furan rings is 1. The van der Waals surface area contributed by atoms with Crippen LogP contribution in [0.3, 0.4) is 0 Å². The predicted molar refractivity (Wildman–Crippen MR) is 479 cm³/mol. The van der Waals surface area contributed by atoms with Gasteiger partial charge in [-0.25, -0.2) is 24.9 Å². The molecule has 16 nitrogen and oxygen atoms in total. The van der Waals surface area contributed by atoms with Gasteiger partial charge >= 0.3 is 0 Å². The van der Waals surface area contributed by atoms with E-state index >= 15 is 0 Å². The largest absolute Gasteiger partial charge is 0.491 e. The number of hydrogen-bond donors (Lipinski definition) is 2. The summed E-state index contributed by atoms with van der Waals surface area (Å²) in [6.45, 7) is 41.5. The van der Waals surface area contributed by atoms with Gasteiger partial charge in [0.05, 0.1) is 68.8 Å². The molecule has 2 N–H and O–H groups in total. The first-order chi connectivity index (χ1) is 55.2. The van der Waals surface area contributed by atoms with E-state index in [1.807, 2.05) is 296 Å². The van der Waals surface area contributed by atoms with E-state index < -0.39 is 0 Å². The lowest BCUT2D eigenvalue weighted by Gasteiger charge is -1.92. The molecule has 18 heteroatoms. The summed E-state index contributed by atoms with van der Waals surface area (Å²) < 4.78 is 17.8. The number of nitrogens with one attached hydrogen (secondary N) is 2. The maximum atomic E-state index is 5.24. The highest BCUT2D eigenvalue weighted by Crippen LogP contribution is 2.24. The molecule has 2 aliphatic heterocycles. The fourth-order valence-corrected chi connectivity index (χ4v) is 10.8. The van der Waals surface area contributed by atoms with Crippen molar-refractivity contribution in [3.63, 3.8) is 0 Å². The first kappa shape index (κ1) is 97.5. The average Bonchev–Trinajstić information content (AvgIpc) is 1.16. The third-order valence-corrected chi connectivity index (χ3v) is 15.6. The topological polar surface area (TPSA) is 208 Å². The number of azo groups is 1. The van der Waals surface area contributed by atoms with E-state index in [0.29, 0.717) is 12.3 Å². The number of nitrogens with zero attached hydrogens (tertiary/aromatic N) is 11. The second-order valence-electron chi connectivity index (χ2n) is 19.9. The Morgan fingerprint density at radius 2 is 0.982 bits per heavy atom. The van der Waals surface area contributed by atoms with Crippen LogP contribution in [-0.4, -0.2) is 61.4 Å². The van der Waals surface area contributed by atoms with E-state index in [1.165, 1.54) is 79.9 Å². The van der Waals surface area contributed by atoms with Crippen LogP contribution in [0.25, 0.3) is 75.3 Å². The monoisotopic (exact) mass is 1530 g/mol. The molecule has 6 aromatic carbocycles. The average molecular weight is 1530 g/mol. The van der Waals surface area contributed by atoms with Gasteiger partial charge in [0.25, 0.3) is 0 Å². The smallest absolute Gasteiger partial charge is 0.228 e. The van der Waals surface area contributed by atoms with Crippen molar-refractivity contribution in [1.29, 1.82) is 0 Å². The zero-order valence-corrected chi connectivity index (χ0v) is 71.0. The number of aryl methyl sites for hydroxylation is 2. The van der Waals surface area contributed by atoms with Crippen molar-refractivity contribution in [1.82, 2.24) is 54.8 Å². The fourth-order valence-electron chi connectivity index (χ4n) is 9.32. The Bertz CT molecular complexity index is 4120. The highest BCUT2D eigenvalue weighted by Gasteiger charge is 2.10. The number of benzene rings is 6. The number of H-pyrrole nitrogens is 2. The Hall–Kier alpha value is -11.5. The summed E-state index contributed by atoms with van der Waals surface area (Å²) in [4.78, 5) is 42.4. The van der Waals surface area contributed by atoms with Crippen LogP contribution in [0.5, 0.6) is 5.75 Å². The van der Waals surface area contributed by atoms with Crippen molar-refractivity contribution < 1.29 is 13.6 Å². The van der Waals surface area contributed by atoms with Crippen molar-refractivity contribution in [2.45, 2.75) is 171 Å². The van der Waals surface area contributed by atoms with Crippen LogP contribution >= 0.6 is 22.7 Å². The van der Waals surface area contributed by atoms with Gasteiger partial charge in [0, 0.05) is 70.5 Å². The lowest BCUT2D eigenvalue weighted by Crippen LogP contribution is -1.85. The standard InChI is InChI=1S/C9H7N.C8H9N.C8H7N.C8H6S.C7H6N2.C7H7NO.C7H5NO.C7H5NS.C6H5N3.C6H4N2O.10C2H6/c1-2-6-9-8(4-1)5-3-7-10-9;1-3-7-4-2-6-9-8(7)5-1;2*1-2-4-8-7(3-1)5-6-9-8;1-2-4-7-6(3-1)8-5-9-7;1-3-8-5-7-6(1)2-4-9-7;2*1-2-4-7-6(3-1)8-5-9-7;1-2-5-6(7-3-1)4-8-9-5;1-2-9-6-5(1)3-7-4-8-6;10*1-2/h1-7H;2,4,6H,1,3,5H2;1-6,9H;1-6H;1-5H,(H,8,9);1,3,5H,2,4H2;2*1-5H;1-3H,4H2;1-4H;10*1-2H3. The van der Waals surface area contributed by atoms with Gasteiger partial charge in [-0.15, -0.1) is 22.7 Å². The number of pyridine rings is 4. The van der Waals surface area contributed by atoms with Gasteiger partial charge < -0.3 is 23.5 Å². The summed E-state index contributed by atoms with van der Waals surface area (Å²) >= 11 is 3.46. The van der Waals surface area contributed by atoms with Gasteiger partial charge in [0.1, 0.15) is 29.8 Å². The number of fused-ring (bicyclic) bond motifs is 10. The molecule has 588 valence electrons. The molecule has 0 unspecified atom stereocenters. The summed E-state index contributed by atoms with van der Waals surface area (Å²) in [5.74, 6) is 0.956. The van der Waals surface area contributed by atoms with Gasteiger partial charge in [0.15, 0.2) is 12.0 Å². The number of para-hydroxylation sites is 7. The van der Waals surface area contributed by atoms with Crippen molar-refractivity contribution in [3.05, 3.63) is 308 Å². The zero-order chi connectivity index (χ0) is 81.8. The number of thiazole rings is 1. The van der Waals surface area contributed by atoms with E-state index in [-0.39, 0.29) is 0 Å². The first-order valence-corrected chi connectivity index (χ1v) is 41.0. The second kappa shape index (κ2) is 65.6. The summed E-state index contributed by atoms with van der Waals surface area (Å²) in [6, 6.07) is 68.4. The third kappa shape index (κ3) is 36.1. The molecule has 0 fully saturated rings. The van der Waals surface area contributed by atoms with Crippen molar-refractivity contribution in [3.8, 4) is 5.75 Å². The minimum absolute atomic E-state index is 0.644. The molecule has 11 aromatic heterocycles. The number of thiophene rings is 1. The molecule has 3 aliphatic rings. The van der Waals surface area contributed by atoms with Crippen LogP contribution in [0.15, 0.2) is 305 Å². The minimum atomic E-state index is 0.644. The molecule has 0 saturated carbocycles.